The molecule has 0 unspecified atom stereocenters. The van der Waals surface area contributed by atoms with Gasteiger partial charge >= 0.3 is 0 Å². The number of anilines is 2. The highest BCUT2D eigenvalue weighted by Gasteiger charge is 2.07. The van der Waals surface area contributed by atoms with Gasteiger partial charge in [-0.2, -0.15) is 0 Å². The number of nitrogens with zero attached hydrogens (tertiary/aromatic N) is 2. The number of benzene rings is 1. The summed E-state index contributed by atoms with van der Waals surface area (Å²) < 4.78 is 0. The maximum atomic E-state index is 11.9. The Labute approximate surface area is 122 Å². The first-order valence-electron chi connectivity index (χ1n) is 6.14. The number of hydrogen-bond donors (Lipinski definition) is 2. The number of rotatable bonds is 4. The van der Waals surface area contributed by atoms with Crippen LogP contribution in [0, 0.1) is 13.8 Å². The molecule has 0 bridgehead atoms. The Hall–Kier alpha value is -2.08. The largest absolute Gasteiger partial charge is 0.384 e. The third-order valence-electron chi connectivity index (χ3n) is 2.61. The quantitative estimate of drug-likeness (QED) is 0.667. The highest BCUT2D eigenvalue weighted by atomic mass is 32.2. The molecular weight excluding hydrogens is 272 g/mol. The Balaban J connectivity index is 1.94. The topological polar surface area (TPSA) is 80.9 Å². The number of aryl methyl sites for hydroxylation is 2. The molecule has 0 spiro atoms. The lowest BCUT2D eigenvalue weighted by Crippen LogP contribution is -2.15. The van der Waals surface area contributed by atoms with Gasteiger partial charge in [-0.05, 0) is 25.5 Å². The van der Waals surface area contributed by atoms with Crippen LogP contribution in [0.3, 0.4) is 0 Å². The molecule has 0 saturated carbocycles. The number of nitrogen functional groups attached to an aromatic ring is 1. The summed E-state index contributed by atoms with van der Waals surface area (Å²) in [5.41, 5.74) is 8.29. The third kappa shape index (κ3) is 3.96. The summed E-state index contributed by atoms with van der Waals surface area (Å²) in [6, 6.07) is 9.34. The zero-order valence-corrected chi connectivity index (χ0v) is 12.2. The number of amides is 1. The molecule has 1 aromatic heterocycles. The minimum atomic E-state index is -0.0898. The average molecular weight is 288 g/mol. The number of para-hydroxylation sites is 1. The minimum Gasteiger partial charge on any atom is -0.384 e. The van der Waals surface area contributed by atoms with Gasteiger partial charge < -0.3 is 11.1 Å². The molecule has 0 atom stereocenters. The minimum absolute atomic E-state index is 0.0898. The summed E-state index contributed by atoms with van der Waals surface area (Å²) in [5.74, 6) is 0.573. The van der Waals surface area contributed by atoms with Crippen molar-refractivity contribution in [2.45, 2.75) is 19.0 Å². The molecule has 3 N–H and O–H groups in total. The molecule has 1 heterocycles. The van der Waals surface area contributed by atoms with Crippen molar-refractivity contribution in [3.8, 4) is 0 Å². The lowest BCUT2D eigenvalue weighted by atomic mass is 10.2. The average Bonchev–Trinajstić information content (AvgIpc) is 2.38. The first-order valence-corrected chi connectivity index (χ1v) is 7.12. The van der Waals surface area contributed by atoms with Crippen LogP contribution in [0.25, 0.3) is 0 Å². The molecule has 0 radical (unpaired) electrons. The second-order valence-corrected chi connectivity index (χ2v) is 5.31. The van der Waals surface area contributed by atoms with Crippen LogP contribution in [0.1, 0.15) is 11.3 Å². The monoisotopic (exact) mass is 288 g/mol. The van der Waals surface area contributed by atoms with Crippen LogP contribution < -0.4 is 11.1 Å². The molecule has 0 fully saturated rings. The van der Waals surface area contributed by atoms with Crippen LogP contribution in [-0.4, -0.2) is 21.6 Å². The Bertz CT molecular complexity index is 610. The Morgan fingerprint density at radius 3 is 2.75 bits per heavy atom. The van der Waals surface area contributed by atoms with Crippen LogP contribution in [0.4, 0.5) is 11.5 Å². The summed E-state index contributed by atoms with van der Waals surface area (Å²) in [6.45, 7) is 3.79. The van der Waals surface area contributed by atoms with Crippen LogP contribution >= 0.6 is 11.8 Å². The summed E-state index contributed by atoms with van der Waals surface area (Å²) in [7, 11) is 0. The van der Waals surface area contributed by atoms with Crippen molar-refractivity contribution < 1.29 is 4.79 Å². The molecular formula is C14H16N4OS. The van der Waals surface area contributed by atoms with Gasteiger partial charge in [0.15, 0.2) is 5.16 Å². The standard InChI is InChI=1S/C14H16N4OS/c1-9-5-3-4-6-11(9)17-13(19)8-20-14-16-10(2)7-12(15)18-14/h3-7H,8H2,1-2H3,(H,17,19)(H2,15,16,18). The molecule has 1 amide bonds. The van der Waals surface area contributed by atoms with E-state index in [2.05, 4.69) is 15.3 Å². The van der Waals surface area contributed by atoms with Gasteiger partial charge in [0.1, 0.15) is 5.82 Å². The molecule has 0 saturated heterocycles. The van der Waals surface area contributed by atoms with Crippen LogP contribution in [0.5, 0.6) is 0 Å². The van der Waals surface area contributed by atoms with Gasteiger partial charge in [-0.3, -0.25) is 4.79 Å². The molecule has 6 heteroatoms. The summed E-state index contributed by atoms with van der Waals surface area (Å²) in [4.78, 5) is 20.2. The van der Waals surface area contributed by atoms with Crippen molar-refractivity contribution in [1.82, 2.24) is 9.97 Å². The van der Waals surface area contributed by atoms with E-state index < -0.39 is 0 Å². The van der Waals surface area contributed by atoms with Gasteiger partial charge in [0.25, 0.3) is 0 Å². The van der Waals surface area contributed by atoms with E-state index in [0.717, 1.165) is 16.9 Å². The zero-order chi connectivity index (χ0) is 14.5. The highest BCUT2D eigenvalue weighted by molar-refractivity contribution is 7.99. The predicted molar refractivity (Wildman–Crippen MR) is 81.7 cm³/mol. The number of nitrogens with one attached hydrogen (secondary N) is 1. The van der Waals surface area contributed by atoms with E-state index in [1.165, 1.54) is 11.8 Å². The van der Waals surface area contributed by atoms with E-state index in [9.17, 15) is 4.79 Å². The second kappa shape index (κ2) is 6.38. The summed E-state index contributed by atoms with van der Waals surface area (Å²) in [6.07, 6.45) is 0. The molecule has 1 aromatic carbocycles. The summed E-state index contributed by atoms with van der Waals surface area (Å²) in [5, 5.41) is 3.38. The lowest BCUT2D eigenvalue weighted by Gasteiger charge is -2.07. The molecule has 0 aliphatic carbocycles. The van der Waals surface area contributed by atoms with E-state index in [4.69, 9.17) is 5.73 Å². The number of carbonyl (C=O) groups excluding carboxylic acids is 1. The van der Waals surface area contributed by atoms with Gasteiger partial charge in [0.05, 0.1) is 5.75 Å². The number of aromatic nitrogens is 2. The first-order chi connectivity index (χ1) is 9.54. The predicted octanol–water partition coefficient (Wildman–Crippen LogP) is 2.41. The molecule has 2 aromatic rings. The zero-order valence-electron chi connectivity index (χ0n) is 11.4. The van der Waals surface area contributed by atoms with Crippen molar-refractivity contribution in [2.75, 3.05) is 16.8 Å². The molecule has 5 nitrogen and oxygen atoms in total. The van der Waals surface area contributed by atoms with E-state index in [1.54, 1.807) is 6.07 Å². The lowest BCUT2D eigenvalue weighted by molar-refractivity contribution is -0.113. The van der Waals surface area contributed by atoms with Crippen LogP contribution in [-0.2, 0) is 4.79 Å². The smallest absolute Gasteiger partial charge is 0.234 e. The Morgan fingerprint density at radius 2 is 2.05 bits per heavy atom. The fourth-order valence-electron chi connectivity index (χ4n) is 1.66. The molecule has 104 valence electrons. The number of nitrogens with two attached hydrogens (primary N) is 1. The molecule has 0 aliphatic heterocycles. The normalized spacial score (nSPS) is 10.3. The third-order valence-corrected chi connectivity index (χ3v) is 3.45. The maximum Gasteiger partial charge on any atom is 0.234 e. The SMILES string of the molecule is Cc1cc(N)nc(SCC(=O)Nc2ccccc2C)n1. The van der Waals surface area contributed by atoms with E-state index in [-0.39, 0.29) is 11.7 Å². The van der Waals surface area contributed by atoms with Gasteiger partial charge in [-0.25, -0.2) is 9.97 Å². The molecule has 2 rings (SSSR count). The van der Waals surface area contributed by atoms with Crippen molar-refractivity contribution in [1.29, 1.82) is 0 Å². The number of carbonyl (C=O) groups is 1. The van der Waals surface area contributed by atoms with Crippen molar-refractivity contribution in [2.24, 2.45) is 0 Å². The van der Waals surface area contributed by atoms with Crippen LogP contribution in [0.15, 0.2) is 35.5 Å². The first kappa shape index (κ1) is 14.3. The highest BCUT2D eigenvalue weighted by Crippen LogP contribution is 2.17. The fraction of sp³-hybridized carbons (Fsp3) is 0.214. The van der Waals surface area contributed by atoms with E-state index >= 15 is 0 Å². The Morgan fingerprint density at radius 1 is 1.30 bits per heavy atom. The number of hydrogen-bond acceptors (Lipinski definition) is 5. The summed E-state index contributed by atoms with van der Waals surface area (Å²) >= 11 is 1.27. The van der Waals surface area contributed by atoms with Gasteiger partial charge in [-0.15, -0.1) is 0 Å². The van der Waals surface area contributed by atoms with Crippen LogP contribution in [0.2, 0.25) is 0 Å². The fourth-order valence-corrected chi connectivity index (χ4v) is 2.37. The van der Waals surface area contributed by atoms with E-state index in [0.29, 0.717) is 11.0 Å². The van der Waals surface area contributed by atoms with Gasteiger partial charge in [0.2, 0.25) is 5.91 Å². The molecule has 20 heavy (non-hydrogen) atoms. The van der Waals surface area contributed by atoms with E-state index in [1.807, 2.05) is 38.1 Å². The Kier molecular flexibility index (Phi) is 4.57. The van der Waals surface area contributed by atoms with Crippen molar-refractivity contribution in [3.05, 3.63) is 41.6 Å². The molecule has 0 aliphatic rings. The second-order valence-electron chi connectivity index (χ2n) is 4.37. The van der Waals surface area contributed by atoms with Crippen molar-refractivity contribution in [3.63, 3.8) is 0 Å². The van der Waals surface area contributed by atoms with Gasteiger partial charge in [-0.1, -0.05) is 30.0 Å². The number of thioether (sulfide) groups is 1. The maximum absolute atomic E-state index is 11.9. The van der Waals surface area contributed by atoms with Gasteiger partial charge in [0, 0.05) is 17.4 Å². The van der Waals surface area contributed by atoms with Crippen molar-refractivity contribution >= 4 is 29.2 Å².